The lowest BCUT2D eigenvalue weighted by Gasteiger charge is -2.26. The summed E-state index contributed by atoms with van der Waals surface area (Å²) in [5.74, 6) is 0. The normalized spacial score (nSPS) is 17.2. The van der Waals surface area contributed by atoms with Crippen LogP contribution < -0.4 is 0 Å². The lowest BCUT2D eigenvalue weighted by molar-refractivity contribution is 0.0384. The van der Waals surface area contributed by atoms with Crippen LogP contribution in [-0.2, 0) is 11.2 Å². The zero-order valence-corrected chi connectivity index (χ0v) is 9.69. The third kappa shape index (κ3) is 2.94. The number of hydrogen-bond acceptors (Lipinski definition) is 2. The number of rotatable bonds is 4. The highest BCUT2D eigenvalue weighted by molar-refractivity contribution is 5.51. The second kappa shape index (κ2) is 5.83. The Labute approximate surface area is 97.5 Å². The van der Waals surface area contributed by atoms with E-state index in [4.69, 9.17) is 4.74 Å². The summed E-state index contributed by atoms with van der Waals surface area (Å²) in [6.45, 7) is 8.86. The molecule has 0 saturated carbocycles. The van der Waals surface area contributed by atoms with Gasteiger partial charge in [0.1, 0.15) is 0 Å². The van der Waals surface area contributed by atoms with Gasteiger partial charge in [-0.1, -0.05) is 36.9 Å². The number of ether oxygens (including phenoxy) is 1. The average molecular weight is 217 g/mol. The molecule has 0 unspecified atom stereocenters. The van der Waals surface area contributed by atoms with E-state index in [0.717, 1.165) is 39.3 Å². The van der Waals surface area contributed by atoms with Crippen LogP contribution in [-0.4, -0.2) is 37.7 Å². The minimum atomic E-state index is 0.878. The minimum Gasteiger partial charge on any atom is -0.379 e. The van der Waals surface area contributed by atoms with E-state index < -0.39 is 0 Å². The van der Waals surface area contributed by atoms with Crippen LogP contribution in [0.25, 0.3) is 6.08 Å². The van der Waals surface area contributed by atoms with Crippen LogP contribution in [0.15, 0.2) is 30.8 Å². The summed E-state index contributed by atoms with van der Waals surface area (Å²) in [5, 5.41) is 0. The highest BCUT2D eigenvalue weighted by atomic mass is 16.5. The van der Waals surface area contributed by atoms with Gasteiger partial charge in [0.2, 0.25) is 0 Å². The zero-order chi connectivity index (χ0) is 11.2. The second-order valence-corrected chi connectivity index (χ2v) is 4.11. The number of nitrogens with zero attached hydrogens (tertiary/aromatic N) is 1. The summed E-state index contributed by atoms with van der Waals surface area (Å²) < 4.78 is 5.34. The standard InChI is InChI=1S/C14H19NO/c1-2-13-5-3-4-6-14(13)7-8-15-9-11-16-12-10-15/h2-6H,1,7-12H2. The Hall–Kier alpha value is -1.12. The van der Waals surface area contributed by atoms with Crippen LogP contribution in [0.5, 0.6) is 0 Å². The predicted octanol–water partition coefficient (Wildman–Crippen LogP) is 2.20. The molecule has 2 nitrogen and oxygen atoms in total. The van der Waals surface area contributed by atoms with Crippen LogP contribution in [0.1, 0.15) is 11.1 Å². The molecular weight excluding hydrogens is 198 g/mol. The fourth-order valence-corrected chi connectivity index (χ4v) is 2.06. The van der Waals surface area contributed by atoms with E-state index in [1.807, 2.05) is 6.08 Å². The lowest BCUT2D eigenvalue weighted by atomic mass is 10.0. The van der Waals surface area contributed by atoms with Crippen molar-refractivity contribution in [3.8, 4) is 0 Å². The Morgan fingerprint density at radius 1 is 1.25 bits per heavy atom. The SMILES string of the molecule is C=Cc1ccccc1CCN1CCOCC1. The molecule has 1 fully saturated rings. The molecule has 2 heteroatoms. The summed E-state index contributed by atoms with van der Waals surface area (Å²) in [7, 11) is 0. The van der Waals surface area contributed by atoms with Crippen molar-refractivity contribution in [2.75, 3.05) is 32.8 Å². The first-order chi connectivity index (χ1) is 7.90. The maximum Gasteiger partial charge on any atom is 0.0594 e. The van der Waals surface area contributed by atoms with Crippen molar-refractivity contribution in [1.82, 2.24) is 4.90 Å². The van der Waals surface area contributed by atoms with Crippen LogP contribution >= 0.6 is 0 Å². The number of morpholine rings is 1. The van der Waals surface area contributed by atoms with E-state index in [0.29, 0.717) is 0 Å². The summed E-state index contributed by atoms with van der Waals surface area (Å²) in [5.41, 5.74) is 2.65. The third-order valence-corrected chi connectivity index (χ3v) is 3.08. The zero-order valence-electron chi connectivity index (χ0n) is 9.69. The molecule has 16 heavy (non-hydrogen) atoms. The maximum atomic E-state index is 5.34. The fourth-order valence-electron chi connectivity index (χ4n) is 2.06. The fraction of sp³-hybridized carbons (Fsp3) is 0.429. The Kier molecular flexibility index (Phi) is 4.14. The maximum absolute atomic E-state index is 5.34. The topological polar surface area (TPSA) is 12.5 Å². The van der Waals surface area contributed by atoms with E-state index in [1.54, 1.807) is 0 Å². The summed E-state index contributed by atoms with van der Waals surface area (Å²) in [6, 6.07) is 8.48. The second-order valence-electron chi connectivity index (χ2n) is 4.11. The molecule has 0 bridgehead atoms. The lowest BCUT2D eigenvalue weighted by Crippen LogP contribution is -2.37. The number of hydrogen-bond donors (Lipinski definition) is 0. The van der Waals surface area contributed by atoms with Crippen molar-refractivity contribution < 1.29 is 4.74 Å². The molecule has 0 aromatic heterocycles. The molecule has 86 valence electrons. The van der Waals surface area contributed by atoms with Crippen LogP contribution in [0.2, 0.25) is 0 Å². The third-order valence-electron chi connectivity index (χ3n) is 3.08. The van der Waals surface area contributed by atoms with Crippen molar-refractivity contribution in [1.29, 1.82) is 0 Å². The highest BCUT2D eigenvalue weighted by Crippen LogP contribution is 2.11. The smallest absolute Gasteiger partial charge is 0.0594 e. The largest absolute Gasteiger partial charge is 0.379 e. The highest BCUT2D eigenvalue weighted by Gasteiger charge is 2.10. The quantitative estimate of drug-likeness (QED) is 0.766. The molecule has 0 N–H and O–H groups in total. The molecule has 1 aliphatic heterocycles. The molecule has 0 radical (unpaired) electrons. The van der Waals surface area contributed by atoms with Crippen molar-refractivity contribution in [2.24, 2.45) is 0 Å². The van der Waals surface area contributed by atoms with E-state index in [9.17, 15) is 0 Å². The minimum absolute atomic E-state index is 0.878. The Bertz CT molecular complexity index is 342. The van der Waals surface area contributed by atoms with Gasteiger partial charge in [0.25, 0.3) is 0 Å². The summed E-state index contributed by atoms with van der Waals surface area (Å²) in [6.07, 6.45) is 3.04. The van der Waals surface area contributed by atoms with Crippen molar-refractivity contribution >= 4 is 6.08 Å². The summed E-state index contributed by atoms with van der Waals surface area (Å²) in [4.78, 5) is 2.46. The molecule has 0 amide bonds. The Morgan fingerprint density at radius 2 is 2.00 bits per heavy atom. The van der Waals surface area contributed by atoms with Gasteiger partial charge in [-0.2, -0.15) is 0 Å². The molecule has 1 aromatic rings. The van der Waals surface area contributed by atoms with Crippen molar-refractivity contribution in [2.45, 2.75) is 6.42 Å². The van der Waals surface area contributed by atoms with Crippen LogP contribution in [0.4, 0.5) is 0 Å². The molecule has 0 atom stereocenters. The molecular formula is C14H19NO. The monoisotopic (exact) mass is 217 g/mol. The van der Waals surface area contributed by atoms with Gasteiger partial charge >= 0.3 is 0 Å². The summed E-state index contributed by atoms with van der Waals surface area (Å²) >= 11 is 0. The van der Waals surface area contributed by atoms with Gasteiger partial charge < -0.3 is 4.74 Å². The molecule has 1 aromatic carbocycles. The molecule has 1 heterocycles. The molecule has 2 rings (SSSR count). The van der Waals surface area contributed by atoms with Gasteiger partial charge in [0.15, 0.2) is 0 Å². The van der Waals surface area contributed by atoms with Gasteiger partial charge in [-0.3, -0.25) is 4.90 Å². The Balaban J connectivity index is 1.90. The average Bonchev–Trinajstić information content (AvgIpc) is 2.38. The van der Waals surface area contributed by atoms with E-state index in [2.05, 4.69) is 35.7 Å². The molecule has 0 aliphatic carbocycles. The van der Waals surface area contributed by atoms with Gasteiger partial charge in [-0.05, 0) is 17.5 Å². The first-order valence-electron chi connectivity index (χ1n) is 5.90. The van der Waals surface area contributed by atoms with Gasteiger partial charge in [-0.15, -0.1) is 0 Å². The van der Waals surface area contributed by atoms with Gasteiger partial charge in [0, 0.05) is 19.6 Å². The first-order valence-corrected chi connectivity index (χ1v) is 5.90. The van der Waals surface area contributed by atoms with Crippen LogP contribution in [0, 0.1) is 0 Å². The predicted molar refractivity (Wildman–Crippen MR) is 67.5 cm³/mol. The first kappa shape index (κ1) is 11.4. The van der Waals surface area contributed by atoms with E-state index in [-0.39, 0.29) is 0 Å². The number of benzene rings is 1. The van der Waals surface area contributed by atoms with E-state index >= 15 is 0 Å². The Morgan fingerprint density at radius 3 is 2.75 bits per heavy atom. The molecule has 0 spiro atoms. The van der Waals surface area contributed by atoms with Gasteiger partial charge in [-0.25, -0.2) is 0 Å². The van der Waals surface area contributed by atoms with E-state index in [1.165, 1.54) is 11.1 Å². The molecule has 1 aliphatic rings. The van der Waals surface area contributed by atoms with Crippen molar-refractivity contribution in [3.05, 3.63) is 42.0 Å². The van der Waals surface area contributed by atoms with Gasteiger partial charge in [0.05, 0.1) is 13.2 Å². The van der Waals surface area contributed by atoms with Crippen molar-refractivity contribution in [3.63, 3.8) is 0 Å². The molecule has 1 saturated heterocycles. The van der Waals surface area contributed by atoms with Crippen LogP contribution in [0.3, 0.4) is 0 Å².